The van der Waals surface area contributed by atoms with Gasteiger partial charge in [-0.2, -0.15) is 0 Å². The minimum absolute atomic E-state index is 0.0127. The van der Waals surface area contributed by atoms with E-state index in [2.05, 4.69) is 27.8 Å². The first kappa shape index (κ1) is 21.2. The number of benzene rings is 1. The highest BCUT2D eigenvalue weighted by molar-refractivity contribution is 7.91. The van der Waals surface area contributed by atoms with Gasteiger partial charge < -0.3 is 15.4 Å². The summed E-state index contributed by atoms with van der Waals surface area (Å²) in [4.78, 5) is 4.99. The number of aromatic nitrogens is 1. The average Bonchev–Trinajstić information content (AvgIpc) is 3.45. The summed E-state index contributed by atoms with van der Waals surface area (Å²) in [6.07, 6.45) is 7.12. The van der Waals surface area contributed by atoms with E-state index in [0.717, 1.165) is 53.4 Å². The second-order valence-electron chi connectivity index (χ2n) is 8.84. The lowest BCUT2D eigenvalue weighted by Crippen LogP contribution is -2.29. The van der Waals surface area contributed by atoms with Gasteiger partial charge in [0.05, 0.1) is 23.3 Å². The van der Waals surface area contributed by atoms with Gasteiger partial charge in [0.2, 0.25) is 0 Å². The quantitative estimate of drug-likeness (QED) is 0.698. The fourth-order valence-corrected chi connectivity index (χ4v) is 5.77. The van der Waals surface area contributed by atoms with Crippen LogP contribution in [0.4, 0.5) is 5.82 Å². The lowest BCUT2D eigenvalue weighted by molar-refractivity contribution is 0.159. The van der Waals surface area contributed by atoms with Crippen molar-refractivity contribution in [1.29, 1.82) is 0 Å². The van der Waals surface area contributed by atoms with Crippen molar-refractivity contribution in [3.05, 3.63) is 71.1 Å². The van der Waals surface area contributed by atoms with E-state index in [1.54, 1.807) is 19.1 Å². The largest absolute Gasteiger partial charge is 0.495 e. The summed E-state index contributed by atoms with van der Waals surface area (Å²) in [5.74, 6) is 2.41. The second kappa shape index (κ2) is 8.37. The fraction of sp³-hybridized carbons (Fsp3) is 0.400. The Morgan fingerprint density at radius 2 is 2.09 bits per heavy atom. The number of nitrogens with one attached hydrogen (secondary N) is 2. The maximum atomic E-state index is 12.5. The van der Waals surface area contributed by atoms with E-state index < -0.39 is 9.84 Å². The summed E-state index contributed by atoms with van der Waals surface area (Å²) in [6.45, 7) is 6.46. The van der Waals surface area contributed by atoms with Crippen LogP contribution in [0.25, 0.3) is 5.57 Å². The van der Waals surface area contributed by atoms with Crippen molar-refractivity contribution in [3.63, 3.8) is 0 Å². The third-order valence-electron chi connectivity index (χ3n) is 6.64. The zero-order valence-corrected chi connectivity index (χ0v) is 19.3. The Bertz CT molecular complexity index is 1200. The smallest absolute Gasteiger partial charge is 0.178 e. The molecule has 3 atom stereocenters. The Morgan fingerprint density at radius 3 is 2.88 bits per heavy atom. The Labute approximate surface area is 189 Å². The highest BCUT2D eigenvalue weighted by Gasteiger charge is 2.41. The summed E-state index contributed by atoms with van der Waals surface area (Å²) in [5, 5.41) is 6.96. The first-order valence-electron chi connectivity index (χ1n) is 11.3. The summed E-state index contributed by atoms with van der Waals surface area (Å²) >= 11 is 0. The molecule has 1 saturated heterocycles. The van der Waals surface area contributed by atoms with Crippen molar-refractivity contribution in [1.82, 2.24) is 10.3 Å². The van der Waals surface area contributed by atoms with E-state index in [-0.39, 0.29) is 17.7 Å². The highest BCUT2D eigenvalue weighted by Crippen LogP contribution is 2.48. The number of hydrogen-bond donors (Lipinski definition) is 2. The normalized spacial score (nSPS) is 24.2. The van der Waals surface area contributed by atoms with E-state index in [4.69, 9.17) is 4.74 Å². The molecule has 0 radical (unpaired) electrons. The van der Waals surface area contributed by atoms with Crippen LogP contribution in [0, 0.1) is 12.8 Å². The molecule has 0 bridgehead atoms. The summed E-state index contributed by atoms with van der Waals surface area (Å²) in [6, 6.07) is 9.41. The SMILES string of the molecule is CCS(=O)(=O)c1cccc(C2=CC=C(OC[C@@H]3CCNC3)C3Nc4ncc(C)cc4C23)c1. The number of fused-ring (bicyclic) bond motifs is 3. The molecule has 168 valence electrons. The van der Waals surface area contributed by atoms with Crippen molar-refractivity contribution in [2.75, 3.05) is 30.8 Å². The lowest BCUT2D eigenvalue weighted by atomic mass is 9.80. The van der Waals surface area contributed by atoms with E-state index in [1.807, 2.05) is 31.3 Å². The standard InChI is InChI=1S/C25H29N3O3S/c1-3-32(29,30)19-6-4-5-18(12-19)20-7-8-22(31-15-17-9-10-26-14-17)24-23(20)21-11-16(2)13-27-25(21)28-24/h4-8,11-13,17,23-24,26H,3,9-10,14-15H2,1-2H3,(H,27,28)/t17-,23?,24?/m1/s1. The van der Waals surface area contributed by atoms with Gasteiger partial charge in [-0.25, -0.2) is 13.4 Å². The van der Waals surface area contributed by atoms with Crippen LogP contribution in [-0.4, -0.2) is 44.9 Å². The average molecular weight is 452 g/mol. The number of anilines is 1. The summed E-state index contributed by atoms with van der Waals surface area (Å²) in [7, 11) is -3.28. The van der Waals surface area contributed by atoms with E-state index >= 15 is 0 Å². The Morgan fingerprint density at radius 1 is 1.22 bits per heavy atom. The highest BCUT2D eigenvalue weighted by atomic mass is 32.2. The summed E-state index contributed by atoms with van der Waals surface area (Å²) in [5.41, 5.74) is 4.22. The van der Waals surface area contributed by atoms with E-state index in [9.17, 15) is 8.42 Å². The second-order valence-corrected chi connectivity index (χ2v) is 11.1. The number of allylic oxidation sites excluding steroid dienone is 2. The maximum absolute atomic E-state index is 12.5. The molecule has 1 aliphatic carbocycles. The monoisotopic (exact) mass is 451 g/mol. The van der Waals surface area contributed by atoms with Crippen LogP contribution in [0.3, 0.4) is 0 Å². The van der Waals surface area contributed by atoms with Gasteiger partial charge in [-0.05, 0) is 54.8 Å². The first-order chi connectivity index (χ1) is 15.5. The van der Waals surface area contributed by atoms with E-state index in [0.29, 0.717) is 17.4 Å². The third-order valence-corrected chi connectivity index (χ3v) is 8.37. The van der Waals surface area contributed by atoms with Gasteiger partial charge in [0.25, 0.3) is 0 Å². The van der Waals surface area contributed by atoms with Crippen LogP contribution >= 0.6 is 0 Å². The number of pyridine rings is 1. The number of nitrogens with zero attached hydrogens (tertiary/aromatic N) is 1. The number of sulfone groups is 1. The van der Waals surface area contributed by atoms with E-state index in [1.165, 1.54) is 0 Å². The predicted octanol–water partition coefficient (Wildman–Crippen LogP) is 3.67. The van der Waals surface area contributed by atoms with Crippen molar-refractivity contribution >= 4 is 21.2 Å². The molecule has 5 rings (SSSR count). The van der Waals surface area contributed by atoms with Crippen LogP contribution in [0.1, 0.15) is 36.0 Å². The van der Waals surface area contributed by atoms with Crippen molar-refractivity contribution in [2.24, 2.45) is 5.92 Å². The number of aryl methyl sites for hydroxylation is 1. The Hall–Kier alpha value is -2.64. The molecule has 0 saturated carbocycles. The molecule has 0 amide bonds. The Kier molecular flexibility index (Phi) is 5.55. The first-order valence-corrected chi connectivity index (χ1v) is 12.9. The fourth-order valence-electron chi connectivity index (χ4n) is 4.84. The molecular formula is C25H29N3O3S. The molecule has 7 heteroatoms. The van der Waals surface area contributed by atoms with Gasteiger partial charge in [0.1, 0.15) is 11.6 Å². The zero-order valence-electron chi connectivity index (χ0n) is 18.5. The minimum atomic E-state index is -3.28. The molecule has 2 aromatic rings. The predicted molar refractivity (Wildman–Crippen MR) is 126 cm³/mol. The molecule has 2 unspecified atom stereocenters. The van der Waals surface area contributed by atoms with Gasteiger partial charge in [-0.15, -0.1) is 0 Å². The molecular weight excluding hydrogens is 422 g/mol. The van der Waals surface area contributed by atoms with Gasteiger partial charge in [-0.3, -0.25) is 0 Å². The van der Waals surface area contributed by atoms with Crippen molar-refractivity contribution in [3.8, 4) is 0 Å². The van der Waals surface area contributed by atoms with Gasteiger partial charge in [0, 0.05) is 30.1 Å². The van der Waals surface area contributed by atoms with Gasteiger partial charge >= 0.3 is 0 Å². The molecule has 2 N–H and O–H groups in total. The molecule has 3 aliphatic rings. The molecule has 1 aromatic carbocycles. The molecule has 3 heterocycles. The van der Waals surface area contributed by atoms with Crippen LogP contribution in [0.2, 0.25) is 0 Å². The maximum Gasteiger partial charge on any atom is 0.178 e. The molecule has 6 nitrogen and oxygen atoms in total. The third kappa shape index (κ3) is 3.84. The number of rotatable bonds is 6. The number of hydrogen-bond acceptors (Lipinski definition) is 6. The van der Waals surface area contributed by atoms with Crippen molar-refractivity contribution in [2.45, 2.75) is 37.1 Å². The molecule has 2 aliphatic heterocycles. The van der Waals surface area contributed by atoms with Crippen LogP contribution in [-0.2, 0) is 14.6 Å². The number of ether oxygens (including phenoxy) is 1. The van der Waals surface area contributed by atoms with Crippen LogP contribution in [0.5, 0.6) is 0 Å². The van der Waals surface area contributed by atoms with Crippen LogP contribution < -0.4 is 10.6 Å². The topological polar surface area (TPSA) is 80.3 Å². The van der Waals surface area contributed by atoms with Crippen molar-refractivity contribution < 1.29 is 13.2 Å². The van der Waals surface area contributed by atoms with Gasteiger partial charge in [0.15, 0.2) is 9.84 Å². The molecule has 1 aromatic heterocycles. The lowest BCUT2D eigenvalue weighted by Gasteiger charge is -2.29. The summed E-state index contributed by atoms with van der Waals surface area (Å²) < 4.78 is 31.3. The van der Waals surface area contributed by atoms with Crippen LogP contribution in [0.15, 0.2) is 59.3 Å². The molecule has 1 fully saturated rings. The molecule has 32 heavy (non-hydrogen) atoms. The molecule has 0 spiro atoms. The minimum Gasteiger partial charge on any atom is -0.495 e. The van der Waals surface area contributed by atoms with Gasteiger partial charge in [-0.1, -0.05) is 31.2 Å². The Balaban J connectivity index is 1.54. The zero-order chi connectivity index (χ0) is 22.3.